The predicted octanol–water partition coefficient (Wildman–Crippen LogP) is 5.82. The van der Waals surface area contributed by atoms with Gasteiger partial charge in [-0.25, -0.2) is 0 Å². The molecule has 0 radical (unpaired) electrons. The Bertz CT molecular complexity index is 1180. The molecule has 2 fully saturated rings. The largest absolute Gasteiger partial charge is 0.374 e. The maximum Gasteiger partial charge on any atom is 0.220 e. The van der Waals surface area contributed by atoms with Crippen LogP contribution in [0.25, 0.3) is 0 Å². The van der Waals surface area contributed by atoms with Gasteiger partial charge in [-0.15, -0.1) is 0 Å². The molecule has 5 rings (SSSR count). The van der Waals surface area contributed by atoms with E-state index in [9.17, 15) is 0 Å². The van der Waals surface area contributed by atoms with E-state index >= 15 is 0 Å². The summed E-state index contributed by atoms with van der Waals surface area (Å²) in [6, 6.07) is 30.3. The Morgan fingerprint density at radius 2 is 1.23 bits per heavy atom. The molecule has 0 aliphatic carbocycles. The van der Waals surface area contributed by atoms with Crippen molar-refractivity contribution in [2.45, 2.75) is 73.4 Å². The average molecular weight is 567 g/mol. The highest BCUT2D eigenvalue weighted by Gasteiger charge is 2.62. The van der Waals surface area contributed by atoms with Gasteiger partial charge in [-0.05, 0) is 37.1 Å². The molecule has 0 N–H and O–H groups in total. The first kappa shape index (κ1) is 29.2. The molecule has 7 atom stereocenters. The van der Waals surface area contributed by atoms with Crippen molar-refractivity contribution in [3.05, 3.63) is 102 Å². The molecule has 0 saturated carbocycles. The molecule has 2 unspecified atom stereocenters. The van der Waals surface area contributed by atoms with Crippen molar-refractivity contribution in [1.29, 1.82) is 0 Å². The Hall–Kier alpha value is -2.27. The van der Waals surface area contributed by atoms with Gasteiger partial charge in [0.2, 0.25) is 11.6 Å². The van der Waals surface area contributed by atoms with Gasteiger partial charge in [-0.1, -0.05) is 90.6 Å². The highest BCUT2D eigenvalue weighted by molar-refractivity contribution is 7.99. The number of benzene rings is 3. The SMILES string of the molecule is COC1(C)O[C@@H]2[C@H](OCc3ccccc3)[C@@H](Sc3ccccc3)O[C@H](COCc3ccccc3)[C@H]2OC1(C)OC. The van der Waals surface area contributed by atoms with Gasteiger partial charge in [0.1, 0.15) is 29.9 Å². The molecule has 2 aliphatic rings. The third-order valence-electron chi connectivity index (χ3n) is 7.59. The van der Waals surface area contributed by atoms with Crippen molar-refractivity contribution in [3.63, 3.8) is 0 Å². The minimum absolute atomic E-state index is 0.306. The van der Waals surface area contributed by atoms with E-state index in [0.29, 0.717) is 19.8 Å². The number of rotatable bonds is 11. The van der Waals surface area contributed by atoms with E-state index in [4.69, 9.17) is 33.2 Å². The highest BCUT2D eigenvalue weighted by Crippen LogP contribution is 2.46. The van der Waals surface area contributed by atoms with Crippen molar-refractivity contribution >= 4 is 11.8 Å². The Morgan fingerprint density at radius 1 is 0.700 bits per heavy atom. The number of hydrogen-bond acceptors (Lipinski definition) is 8. The van der Waals surface area contributed by atoms with Gasteiger partial charge in [-0.3, -0.25) is 0 Å². The summed E-state index contributed by atoms with van der Waals surface area (Å²) in [6.45, 7) is 4.81. The Morgan fingerprint density at radius 3 is 1.80 bits per heavy atom. The van der Waals surface area contributed by atoms with Crippen molar-refractivity contribution in [1.82, 2.24) is 0 Å². The minimum Gasteiger partial charge on any atom is -0.374 e. The Balaban J connectivity index is 1.44. The van der Waals surface area contributed by atoms with E-state index in [1.807, 2.05) is 92.7 Å². The zero-order valence-electron chi connectivity index (χ0n) is 23.4. The second-order valence-corrected chi connectivity index (χ2v) is 11.4. The van der Waals surface area contributed by atoms with Crippen LogP contribution in [0.4, 0.5) is 0 Å². The molecule has 0 aromatic heterocycles. The average Bonchev–Trinajstić information content (AvgIpc) is 2.99. The number of methoxy groups -OCH3 is 2. The highest BCUT2D eigenvalue weighted by atomic mass is 32.2. The first-order valence-corrected chi connectivity index (χ1v) is 14.4. The number of thioether (sulfide) groups is 1. The van der Waals surface area contributed by atoms with E-state index in [0.717, 1.165) is 16.0 Å². The summed E-state index contributed by atoms with van der Waals surface area (Å²) in [5.74, 6) is -2.38. The Labute approximate surface area is 241 Å². The molecule has 2 heterocycles. The summed E-state index contributed by atoms with van der Waals surface area (Å²) in [5.41, 5.74) is 1.75. The molecular formula is C32H38O7S. The lowest BCUT2D eigenvalue weighted by Gasteiger charge is -2.57. The normalized spacial score (nSPS) is 31.9. The van der Waals surface area contributed by atoms with Gasteiger partial charge in [-0.2, -0.15) is 0 Å². The molecular weight excluding hydrogens is 528 g/mol. The van der Waals surface area contributed by atoms with Crippen molar-refractivity contribution in [3.8, 4) is 0 Å². The standard InChI is InChI=1S/C32H38O7S/c1-31(33-3)32(2,34-4)39-28-27(38-31)26(22-35-20-23-14-8-5-9-15-23)37-30(40-25-18-12-7-13-19-25)29(28)36-21-24-16-10-6-11-17-24/h5-19,26-30H,20-22H2,1-4H3/t26-,27-,28+,29+,30-,31?,32?/m1/s1. The van der Waals surface area contributed by atoms with Crippen LogP contribution >= 0.6 is 11.8 Å². The fraction of sp³-hybridized carbons (Fsp3) is 0.438. The fourth-order valence-corrected chi connectivity index (χ4v) is 6.18. The number of hydrogen-bond donors (Lipinski definition) is 0. The smallest absolute Gasteiger partial charge is 0.220 e. The summed E-state index contributed by atoms with van der Waals surface area (Å²) >= 11 is 1.60. The van der Waals surface area contributed by atoms with Gasteiger partial charge < -0.3 is 33.2 Å². The lowest BCUT2D eigenvalue weighted by atomic mass is 9.94. The number of fused-ring (bicyclic) bond motifs is 1. The fourth-order valence-electron chi connectivity index (χ4n) is 5.03. The van der Waals surface area contributed by atoms with Gasteiger partial charge in [0.05, 0.1) is 19.8 Å². The summed E-state index contributed by atoms with van der Waals surface area (Å²) in [7, 11) is 3.18. The maximum atomic E-state index is 6.75. The van der Waals surface area contributed by atoms with Gasteiger partial charge in [0, 0.05) is 19.1 Å². The van der Waals surface area contributed by atoms with Crippen molar-refractivity contribution in [2.75, 3.05) is 20.8 Å². The second kappa shape index (κ2) is 13.1. The molecule has 2 saturated heterocycles. The molecule has 0 spiro atoms. The molecule has 2 aliphatic heterocycles. The van der Waals surface area contributed by atoms with Crippen molar-refractivity contribution < 1.29 is 33.2 Å². The third-order valence-corrected chi connectivity index (χ3v) is 8.75. The first-order chi connectivity index (χ1) is 19.4. The van der Waals surface area contributed by atoms with Crippen LogP contribution in [0.3, 0.4) is 0 Å². The topological polar surface area (TPSA) is 64.6 Å². The van der Waals surface area contributed by atoms with Gasteiger partial charge in [0.25, 0.3) is 0 Å². The zero-order valence-corrected chi connectivity index (χ0v) is 24.3. The monoisotopic (exact) mass is 566 g/mol. The van der Waals surface area contributed by atoms with E-state index in [2.05, 4.69) is 12.1 Å². The quantitative estimate of drug-likeness (QED) is 0.288. The van der Waals surface area contributed by atoms with Crippen LogP contribution < -0.4 is 0 Å². The number of ether oxygens (including phenoxy) is 7. The van der Waals surface area contributed by atoms with Crippen LogP contribution in [-0.2, 0) is 46.4 Å². The van der Waals surface area contributed by atoms with E-state index in [1.54, 1.807) is 26.0 Å². The molecule has 8 heteroatoms. The van der Waals surface area contributed by atoms with Gasteiger partial charge in [0.15, 0.2) is 0 Å². The first-order valence-electron chi connectivity index (χ1n) is 13.5. The third kappa shape index (κ3) is 6.45. The molecule has 3 aromatic carbocycles. The van der Waals surface area contributed by atoms with Crippen LogP contribution in [0.1, 0.15) is 25.0 Å². The van der Waals surface area contributed by atoms with Crippen LogP contribution in [0.15, 0.2) is 95.9 Å². The van der Waals surface area contributed by atoms with Crippen LogP contribution in [0.5, 0.6) is 0 Å². The summed E-state index contributed by atoms with van der Waals surface area (Å²) < 4.78 is 44.6. The molecule has 0 amide bonds. The van der Waals surface area contributed by atoms with Crippen LogP contribution in [-0.4, -0.2) is 62.3 Å². The summed E-state index contributed by atoms with van der Waals surface area (Å²) in [6.07, 6.45) is -1.96. The molecule has 7 nitrogen and oxygen atoms in total. The lowest BCUT2D eigenvalue weighted by molar-refractivity contribution is -0.471. The van der Waals surface area contributed by atoms with E-state index in [-0.39, 0.29) is 0 Å². The predicted molar refractivity (Wildman–Crippen MR) is 153 cm³/mol. The lowest BCUT2D eigenvalue weighted by Crippen LogP contribution is -2.72. The van der Waals surface area contributed by atoms with Crippen LogP contribution in [0.2, 0.25) is 0 Å². The second-order valence-electron chi connectivity index (χ2n) is 10.2. The minimum atomic E-state index is -1.19. The summed E-state index contributed by atoms with van der Waals surface area (Å²) in [5, 5.41) is 0. The van der Waals surface area contributed by atoms with Crippen LogP contribution in [0, 0.1) is 0 Å². The zero-order chi connectivity index (χ0) is 28.0. The Kier molecular flexibility index (Phi) is 9.60. The summed E-state index contributed by atoms with van der Waals surface area (Å²) in [4.78, 5) is 1.07. The molecule has 3 aromatic rings. The maximum absolute atomic E-state index is 6.75. The van der Waals surface area contributed by atoms with E-state index in [1.165, 1.54) is 0 Å². The molecule has 214 valence electrons. The molecule has 0 bridgehead atoms. The van der Waals surface area contributed by atoms with Crippen molar-refractivity contribution in [2.24, 2.45) is 0 Å². The van der Waals surface area contributed by atoms with E-state index < -0.39 is 41.4 Å². The van der Waals surface area contributed by atoms with Gasteiger partial charge >= 0.3 is 0 Å². The molecule has 40 heavy (non-hydrogen) atoms.